The molecule has 1 aromatic rings. The number of benzene rings is 1. The quantitative estimate of drug-likeness (QED) is 0.565. The SMILES string of the molecule is O=C1c2ccccc2C(=O)N1C12C[C@@H]3C[C@@H](CC(Br)(C3)C1)C2. The van der Waals surface area contributed by atoms with Gasteiger partial charge >= 0.3 is 0 Å². The molecule has 0 spiro atoms. The van der Waals surface area contributed by atoms with Gasteiger partial charge in [0.05, 0.1) is 16.7 Å². The van der Waals surface area contributed by atoms with Crippen LogP contribution in [-0.4, -0.2) is 26.6 Å². The number of hydrogen-bond acceptors (Lipinski definition) is 2. The molecule has 4 saturated carbocycles. The standard InChI is InChI=1S/C18H18BrNO2/c19-17-6-11-5-12(7-17)9-18(8-11,10-17)20-15(21)13-3-1-2-4-14(13)16(20)22/h1-4,11-12H,5-10H2/t11-,12+,17?,18?. The van der Waals surface area contributed by atoms with E-state index < -0.39 is 0 Å². The third-order valence-corrected chi connectivity index (χ3v) is 7.16. The van der Waals surface area contributed by atoms with Crippen LogP contribution in [0, 0.1) is 11.8 Å². The lowest BCUT2D eigenvalue weighted by molar-refractivity contribution is -0.0488. The van der Waals surface area contributed by atoms with Crippen LogP contribution in [0.5, 0.6) is 0 Å². The second-order valence-electron chi connectivity index (χ2n) is 7.83. The molecular weight excluding hydrogens is 342 g/mol. The van der Waals surface area contributed by atoms with Crippen molar-refractivity contribution in [3.63, 3.8) is 0 Å². The molecule has 22 heavy (non-hydrogen) atoms. The highest BCUT2D eigenvalue weighted by Gasteiger charge is 2.62. The van der Waals surface area contributed by atoms with Crippen molar-refractivity contribution in [2.45, 2.75) is 48.4 Å². The molecule has 5 aliphatic rings. The minimum atomic E-state index is -0.249. The smallest absolute Gasteiger partial charge is 0.262 e. The fourth-order valence-corrected chi connectivity index (χ4v) is 7.42. The van der Waals surface area contributed by atoms with E-state index in [0.29, 0.717) is 23.0 Å². The van der Waals surface area contributed by atoms with Crippen LogP contribution in [0.3, 0.4) is 0 Å². The van der Waals surface area contributed by atoms with Crippen LogP contribution in [0.2, 0.25) is 0 Å². The Kier molecular flexibility index (Phi) is 2.43. The molecule has 2 amide bonds. The predicted octanol–water partition coefficient (Wildman–Crippen LogP) is 3.77. The van der Waals surface area contributed by atoms with Gasteiger partial charge in [-0.1, -0.05) is 28.1 Å². The highest BCUT2D eigenvalue weighted by atomic mass is 79.9. The number of amides is 2. The molecule has 114 valence electrons. The summed E-state index contributed by atoms with van der Waals surface area (Å²) in [6.07, 6.45) is 6.62. The molecule has 3 nitrogen and oxygen atoms in total. The van der Waals surface area contributed by atoms with Gasteiger partial charge in [-0.2, -0.15) is 0 Å². The zero-order chi connectivity index (χ0) is 15.1. The van der Waals surface area contributed by atoms with Gasteiger partial charge in [0, 0.05) is 4.32 Å². The summed E-state index contributed by atoms with van der Waals surface area (Å²) < 4.78 is 0.145. The maximum Gasteiger partial charge on any atom is 0.262 e. The molecule has 2 unspecified atom stereocenters. The maximum atomic E-state index is 12.9. The molecule has 4 aliphatic carbocycles. The van der Waals surface area contributed by atoms with Crippen molar-refractivity contribution in [2.75, 3.05) is 0 Å². The van der Waals surface area contributed by atoms with Gasteiger partial charge in [0.2, 0.25) is 0 Å². The topological polar surface area (TPSA) is 37.4 Å². The fourth-order valence-electron chi connectivity index (χ4n) is 5.99. The lowest BCUT2D eigenvalue weighted by atomic mass is 9.52. The molecule has 0 N–H and O–H groups in total. The molecule has 1 heterocycles. The van der Waals surface area contributed by atoms with Gasteiger partial charge in [-0.05, 0) is 62.5 Å². The summed E-state index contributed by atoms with van der Waals surface area (Å²) in [5.41, 5.74) is 0.930. The Labute approximate surface area is 138 Å². The number of nitrogens with zero attached hydrogens (tertiary/aromatic N) is 1. The van der Waals surface area contributed by atoms with Crippen molar-refractivity contribution < 1.29 is 9.59 Å². The Morgan fingerprint density at radius 1 is 0.955 bits per heavy atom. The first-order valence-corrected chi connectivity index (χ1v) is 8.96. The third-order valence-electron chi connectivity index (χ3n) is 6.23. The first-order valence-electron chi connectivity index (χ1n) is 8.17. The van der Waals surface area contributed by atoms with E-state index in [1.165, 1.54) is 19.3 Å². The zero-order valence-electron chi connectivity index (χ0n) is 12.3. The Balaban J connectivity index is 1.61. The first kappa shape index (κ1) is 13.3. The van der Waals surface area contributed by atoms with Crippen molar-refractivity contribution in [2.24, 2.45) is 11.8 Å². The predicted molar refractivity (Wildman–Crippen MR) is 86.0 cm³/mol. The van der Waals surface area contributed by atoms with Gasteiger partial charge in [0.15, 0.2) is 0 Å². The second-order valence-corrected chi connectivity index (χ2v) is 9.51. The summed E-state index contributed by atoms with van der Waals surface area (Å²) in [7, 11) is 0. The van der Waals surface area contributed by atoms with E-state index in [0.717, 1.165) is 19.3 Å². The molecule has 0 radical (unpaired) electrons. The molecular formula is C18H18BrNO2. The number of alkyl halides is 1. The average molecular weight is 360 g/mol. The average Bonchev–Trinajstić information content (AvgIpc) is 2.69. The van der Waals surface area contributed by atoms with Crippen LogP contribution in [0.4, 0.5) is 0 Å². The lowest BCUT2D eigenvalue weighted by Gasteiger charge is -2.62. The summed E-state index contributed by atoms with van der Waals surface area (Å²) in [6.45, 7) is 0. The molecule has 4 atom stereocenters. The molecule has 6 rings (SSSR count). The van der Waals surface area contributed by atoms with Crippen LogP contribution >= 0.6 is 15.9 Å². The molecule has 0 aromatic heterocycles. The van der Waals surface area contributed by atoms with Crippen molar-refractivity contribution in [3.05, 3.63) is 35.4 Å². The maximum absolute atomic E-state index is 12.9. The Hall–Kier alpha value is -1.16. The van der Waals surface area contributed by atoms with E-state index in [1.807, 2.05) is 12.1 Å². The first-order chi connectivity index (χ1) is 10.5. The highest BCUT2D eigenvalue weighted by molar-refractivity contribution is 9.10. The van der Waals surface area contributed by atoms with Crippen molar-refractivity contribution in [1.82, 2.24) is 4.90 Å². The number of hydrogen-bond donors (Lipinski definition) is 0. The number of carbonyl (C=O) groups excluding carboxylic acids is 2. The Bertz CT molecular complexity index is 664. The highest BCUT2D eigenvalue weighted by Crippen LogP contribution is 2.63. The van der Waals surface area contributed by atoms with Crippen LogP contribution in [-0.2, 0) is 0 Å². The fraction of sp³-hybridized carbons (Fsp3) is 0.556. The lowest BCUT2D eigenvalue weighted by Crippen LogP contribution is -2.65. The number of fused-ring (bicyclic) bond motifs is 1. The van der Waals surface area contributed by atoms with Gasteiger partial charge in [0.25, 0.3) is 11.8 Å². The van der Waals surface area contributed by atoms with Crippen molar-refractivity contribution in [1.29, 1.82) is 0 Å². The minimum absolute atomic E-state index is 0.0707. The van der Waals surface area contributed by atoms with E-state index >= 15 is 0 Å². The van der Waals surface area contributed by atoms with Crippen LogP contribution in [0.25, 0.3) is 0 Å². The van der Waals surface area contributed by atoms with Crippen molar-refractivity contribution >= 4 is 27.7 Å². The molecule has 0 saturated heterocycles. The van der Waals surface area contributed by atoms with Gasteiger partial charge in [-0.25, -0.2) is 0 Å². The summed E-state index contributed by atoms with van der Waals surface area (Å²) in [5.74, 6) is 1.17. The largest absolute Gasteiger partial charge is 0.269 e. The van der Waals surface area contributed by atoms with Gasteiger partial charge in [0.1, 0.15) is 0 Å². The number of rotatable bonds is 1. The van der Waals surface area contributed by atoms with E-state index in [-0.39, 0.29) is 21.7 Å². The number of carbonyl (C=O) groups is 2. The normalized spacial score (nSPS) is 42.1. The van der Waals surface area contributed by atoms with Gasteiger partial charge < -0.3 is 0 Å². The van der Waals surface area contributed by atoms with E-state index in [2.05, 4.69) is 15.9 Å². The summed E-state index contributed by atoms with van der Waals surface area (Å²) in [4.78, 5) is 27.5. The molecule has 1 aromatic carbocycles. The molecule has 4 bridgehead atoms. The monoisotopic (exact) mass is 359 g/mol. The van der Waals surface area contributed by atoms with E-state index in [1.54, 1.807) is 17.0 Å². The van der Waals surface area contributed by atoms with Crippen LogP contribution in [0.1, 0.15) is 59.2 Å². The number of halogens is 1. The summed E-state index contributed by atoms with van der Waals surface area (Å²) in [6, 6.07) is 7.28. The molecule has 4 fully saturated rings. The number of imide groups is 1. The van der Waals surface area contributed by atoms with Gasteiger partial charge in [-0.15, -0.1) is 0 Å². The zero-order valence-corrected chi connectivity index (χ0v) is 13.9. The van der Waals surface area contributed by atoms with Crippen molar-refractivity contribution in [3.8, 4) is 0 Å². The Morgan fingerprint density at radius 3 is 2.00 bits per heavy atom. The van der Waals surface area contributed by atoms with E-state index in [4.69, 9.17) is 0 Å². The summed E-state index contributed by atoms with van der Waals surface area (Å²) in [5, 5.41) is 0. The van der Waals surface area contributed by atoms with Gasteiger partial charge in [-0.3, -0.25) is 14.5 Å². The van der Waals surface area contributed by atoms with Crippen LogP contribution < -0.4 is 0 Å². The Morgan fingerprint density at radius 2 is 1.50 bits per heavy atom. The third kappa shape index (κ3) is 1.57. The second kappa shape index (κ2) is 4.02. The minimum Gasteiger partial charge on any atom is -0.269 e. The van der Waals surface area contributed by atoms with E-state index in [9.17, 15) is 9.59 Å². The van der Waals surface area contributed by atoms with Crippen LogP contribution in [0.15, 0.2) is 24.3 Å². The molecule has 1 aliphatic heterocycles. The molecule has 4 heteroatoms. The summed E-state index contributed by atoms with van der Waals surface area (Å²) >= 11 is 3.97.